The molecule has 6 heteroatoms. The number of sulfonamides is 1. The summed E-state index contributed by atoms with van der Waals surface area (Å²) in [5, 5.41) is 0. The van der Waals surface area contributed by atoms with E-state index in [1.165, 1.54) is 0 Å². The molecule has 0 unspecified atom stereocenters. The standard InChI is InChI=1S/C12H18N2O3S/c1-8-5-11(3-4-12(8)17-2)18(15,16)14-10-6-9(13)7-10/h3-5,9-10,14H,6-7,13H2,1-2H3. The Bertz CT molecular complexity index is 536. The first-order valence-corrected chi connectivity index (χ1v) is 7.33. The van der Waals surface area contributed by atoms with Gasteiger partial charge >= 0.3 is 0 Å². The number of nitrogens with one attached hydrogen (secondary N) is 1. The Balaban J connectivity index is 2.16. The molecule has 0 radical (unpaired) electrons. The molecule has 1 aromatic rings. The van der Waals surface area contributed by atoms with Crippen molar-refractivity contribution in [1.82, 2.24) is 4.72 Å². The van der Waals surface area contributed by atoms with Crippen LogP contribution in [-0.4, -0.2) is 27.6 Å². The summed E-state index contributed by atoms with van der Waals surface area (Å²) in [4.78, 5) is 0.265. The van der Waals surface area contributed by atoms with Crippen LogP contribution in [0.25, 0.3) is 0 Å². The van der Waals surface area contributed by atoms with Gasteiger partial charge in [0.05, 0.1) is 12.0 Å². The van der Waals surface area contributed by atoms with E-state index in [0.29, 0.717) is 18.6 Å². The second-order valence-corrected chi connectivity index (χ2v) is 6.40. The zero-order chi connectivity index (χ0) is 13.3. The van der Waals surface area contributed by atoms with Crippen molar-refractivity contribution in [3.63, 3.8) is 0 Å². The molecule has 5 nitrogen and oxygen atoms in total. The van der Waals surface area contributed by atoms with Gasteiger partial charge in [-0.3, -0.25) is 0 Å². The Kier molecular flexibility index (Phi) is 3.61. The van der Waals surface area contributed by atoms with Crippen LogP contribution < -0.4 is 15.2 Å². The predicted molar refractivity (Wildman–Crippen MR) is 69.0 cm³/mol. The lowest BCUT2D eigenvalue weighted by Gasteiger charge is -2.32. The van der Waals surface area contributed by atoms with Crippen molar-refractivity contribution in [3.05, 3.63) is 23.8 Å². The van der Waals surface area contributed by atoms with Crippen LogP contribution in [0, 0.1) is 6.92 Å². The summed E-state index contributed by atoms with van der Waals surface area (Å²) in [5.41, 5.74) is 6.43. The average Bonchev–Trinajstić information content (AvgIpc) is 2.26. The number of benzene rings is 1. The van der Waals surface area contributed by atoms with Crippen LogP contribution >= 0.6 is 0 Å². The second-order valence-electron chi connectivity index (χ2n) is 4.68. The van der Waals surface area contributed by atoms with Gasteiger partial charge in [0.15, 0.2) is 0 Å². The molecular weight excluding hydrogens is 252 g/mol. The number of rotatable bonds is 4. The average molecular weight is 270 g/mol. The van der Waals surface area contributed by atoms with Crippen LogP contribution in [-0.2, 0) is 10.0 Å². The van der Waals surface area contributed by atoms with E-state index in [2.05, 4.69) is 4.72 Å². The summed E-state index contributed by atoms with van der Waals surface area (Å²) in [5.74, 6) is 0.680. The van der Waals surface area contributed by atoms with E-state index in [4.69, 9.17) is 10.5 Å². The van der Waals surface area contributed by atoms with E-state index >= 15 is 0 Å². The fourth-order valence-electron chi connectivity index (χ4n) is 2.06. The molecule has 18 heavy (non-hydrogen) atoms. The number of hydrogen-bond acceptors (Lipinski definition) is 4. The first kappa shape index (κ1) is 13.3. The molecule has 1 aromatic carbocycles. The van der Waals surface area contributed by atoms with E-state index in [1.54, 1.807) is 25.3 Å². The van der Waals surface area contributed by atoms with Crippen LogP contribution in [0.5, 0.6) is 5.75 Å². The SMILES string of the molecule is COc1ccc(S(=O)(=O)NC2CC(N)C2)cc1C. The topological polar surface area (TPSA) is 81.4 Å². The maximum Gasteiger partial charge on any atom is 0.240 e. The van der Waals surface area contributed by atoms with Crippen molar-refractivity contribution >= 4 is 10.0 Å². The lowest BCUT2D eigenvalue weighted by Crippen LogP contribution is -2.50. The molecule has 0 aliphatic heterocycles. The van der Waals surface area contributed by atoms with Crippen LogP contribution in [0.2, 0.25) is 0 Å². The highest BCUT2D eigenvalue weighted by atomic mass is 32.2. The molecule has 100 valence electrons. The summed E-state index contributed by atoms with van der Waals surface area (Å²) in [6.45, 7) is 1.82. The monoisotopic (exact) mass is 270 g/mol. The molecule has 0 spiro atoms. The van der Waals surface area contributed by atoms with Gasteiger partial charge in [0, 0.05) is 12.1 Å². The van der Waals surface area contributed by atoms with Crippen molar-refractivity contribution in [1.29, 1.82) is 0 Å². The third-order valence-electron chi connectivity index (χ3n) is 3.17. The number of aryl methyl sites for hydroxylation is 1. The van der Waals surface area contributed by atoms with Gasteiger partial charge in [0.2, 0.25) is 10.0 Å². The van der Waals surface area contributed by atoms with Crippen LogP contribution in [0.1, 0.15) is 18.4 Å². The molecule has 0 atom stereocenters. The Morgan fingerprint density at radius 3 is 2.56 bits per heavy atom. The van der Waals surface area contributed by atoms with Gasteiger partial charge < -0.3 is 10.5 Å². The third-order valence-corrected chi connectivity index (χ3v) is 4.69. The van der Waals surface area contributed by atoms with Crippen molar-refractivity contribution in [2.75, 3.05) is 7.11 Å². The Morgan fingerprint density at radius 2 is 2.06 bits per heavy atom. The van der Waals surface area contributed by atoms with E-state index < -0.39 is 10.0 Å². The molecule has 2 rings (SSSR count). The highest BCUT2D eigenvalue weighted by Crippen LogP contribution is 2.24. The summed E-state index contributed by atoms with van der Waals surface area (Å²) < 4.78 is 32.0. The number of hydrogen-bond donors (Lipinski definition) is 2. The highest BCUT2D eigenvalue weighted by Gasteiger charge is 2.30. The van der Waals surface area contributed by atoms with Crippen LogP contribution in [0.4, 0.5) is 0 Å². The zero-order valence-corrected chi connectivity index (χ0v) is 11.3. The molecule has 1 aliphatic rings. The van der Waals surface area contributed by atoms with Gasteiger partial charge in [-0.2, -0.15) is 0 Å². The maximum atomic E-state index is 12.1. The van der Waals surface area contributed by atoms with Gasteiger partial charge in [-0.05, 0) is 43.5 Å². The van der Waals surface area contributed by atoms with Crippen LogP contribution in [0.3, 0.4) is 0 Å². The number of methoxy groups -OCH3 is 1. The maximum absolute atomic E-state index is 12.1. The highest BCUT2D eigenvalue weighted by molar-refractivity contribution is 7.89. The van der Waals surface area contributed by atoms with E-state index in [9.17, 15) is 8.42 Å². The number of nitrogens with two attached hydrogens (primary N) is 1. The Morgan fingerprint density at radius 1 is 1.39 bits per heavy atom. The fourth-order valence-corrected chi connectivity index (χ4v) is 3.41. The molecule has 0 saturated heterocycles. The van der Waals surface area contributed by atoms with Crippen molar-refractivity contribution in [2.45, 2.75) is 36.7 Å². The summed E-state index contributed by atoms with van der Waals surface area (Å²) in [6, 6.07) is 4.91. The van der Waals surface area contributed by atoms with Crippen LogP contribution in [0.15, 0.2) is 23.1 Å². The fraction of sp³-hybridized carbons (Fsp3) is 0.500. The third kappa shape index (κ3) is 2.66. The molecule has 3 N–H and O–H groups in total. The van der Waals surface area contributed by atoms with Gasteiger partial charge in [-0.15, -0.1) is 0 Å². The minimum Gasteiger partial charge on any atom is -0.496 e. The Labute approximate surface area is 107 Å². The van der Waals surface area contributed by atoms with Gasteiger partial charge in [0.25, 0.3) is 0 Å². The lowest BCUT2D eigenvalue weighted by atomic mass is 9.89. The van der Waals surface area contributed by atoms with Gasteiger partial charge in [-0.25, -0.2) is 13.1 Å². The summed E-state index contributed by atoms with van der Waals surface area (Å²) >= 11 is 0. The normalized spacial score (nSPS) is 23.5. The number of ether oxygens (including phenoxy) is 1. The zero-order valence-electron chi connectivity index (χ0n) is 10.5. The van der Waals surface area contributed by atoms with Crippen molar-refractivity contribution in [2.24, 2.45) is 5.73 Å². The minimum atomic E-state index is -3.45. The molecular formula is C12H18N2O3S. The molecule has 1 fully saturated rings. The van der Waals surface area contributed by atoms with E-state index in [1.807, 2.05) is 6.92 Å². The molecule has 1 saturated carbocycles. The van der Waals surface area contributed by atoms with Crippen molar-refractivity contribution in [3.8, 4) is 5.75 Å². The molecule has 1 aliphatic carbocycles. The van der Waals surface area contributed by atoms with E-state index in [-0.39, 0.29) is 17.0 Å². The molecule has 0 heterocycles. The largest absolute Gasteiger partial charge is 0.496 e. The summed E-state index contributed by atoms with van der Waals surface area (Å²) in [7, 11) is -1.89. The molecule has 0 bridgehead atoms. The minimum absolute atomic E-state index is 0.0348. The lowest BCUT2D eigenvalue weighted by molar-refractivity contribution is 0.327. The van der Waals surface area contributed by atoms with Gasteiger partial charge in [-0.1, -0.05) is 0 Å². The predicted octanol–water partition coefficient (Wildman–Crippen LogP) is 0.772. The van der Waals surface area contributed by atoms with Gasteiger partial charge in [0.1, 0.15) is 5.75 Å². The quantitative estimate of drug-likeness (QED) is 0.847. The smallest absolute Gasteiger partial charge is 0.240 e. The van der Waals surface area contributed by atoms with Crippen molar-refractivity contribution < 1.29 is 13.2 Å². The van der Waals surface area contributed by atoms with E-state index in [0.717, 1.165) is 5.56 Å². The second kappa shape index (κ2) is 4.87. The first-order chi connectivity index (χ1) is 8.42. The first-order valence-electron chi connectivity index (χ1n) is 5.85. The Hall–Kier alpha value is -1.11. The molecule has 0 aromatic heterocycles. The summed E-state index contributed by atoms with van der Waals surface area (Å²) in [6.07, 6.45) is 1.41. The molecule has 0 amide bonds.